The van der Waals surface area contributed by atoms with Crippen LogP contribution < -0.4 is 10.0 Å². The zero-order valence-corrected chi connectivity index (χ0v) is 13.0. The fourth-order valence-electron chi connectivity index (χ4n) is 2.21. The smallest absolute Gasteiger partial charge is 0.275 e. The monoisotopic (exact) mass is 333 g/mol. The maximum absolute atomic E-state index is 12.2. The Hall–Kier alpha value is -1.22. The quantitative estimate of drug-likeness (QED) is 0.629. The molecule has 9 heteroatoms. The average molecular weight is 334 g/mol. The van der Waals surface area contributed by atoms with E-state index in [0.29, 0.717) is 0 Å². The molecule has 0 bridgehead atoms. The second-order valence-electron chi connectivity index (χ2n) is 4.95. The predicted octanol–water partition coefficient (Wildman–Crippen LogP) is 1.59. The summed E-state index contributed by atoms with van der Waals surface area (Å²) in [6, 6.07) is 2.36. The summed E-state index contributed by atoms with van der Waals surface area (Å²) < 4.78 is 26.9. The maximum atomic E-state index is 12.2. The Kier molecular flexibility index (Phi) is 4.82. The van der Waals surface area contributed by atoms with Gasteiger partial charge in [0, 0.05) is 24.2 Å². The molecule has 1 atom stereocenters. The molecule has 116 valence electrons. The van der Waals surface area contributed by atoms with Crippen LogP contribution in [0, 0.1) is 17.0 Å². The molecule has 0 amide bonds. The van der Waals surface area contributed by atoms with Crippen LogP contribution in [0.15, 0.2) is 17.0 Å². The van der Waals surface area contributed by atoms with E-state index >= 15 is 0 Å². The first-order valence-electron chi connectivity index (χ1n) is 6.49. The number of hydrogen-bond acceptors (Lipinski definition) is 5. The van der Waals surface area contributed by atoms with E-state index in [0.717, 1.165) is 25.5 Å². The zero-order chi connectivity index (χ0) is 15.6. The van der Waals surface area contributed by atoms with Crippen LogP contribution >= 0.6 is 11.6 Å². The minimum atomic E-state index is -3.82. The summed E-state index contributed by atoms with van der Waals surface area (Å²) in [6.07, 6.45) is 1.91. The number of nitrogens with zero attached hydrogens (tertiary/aromatic N) is 1. The van der Waals surface area contributed by atoms with Crippen molar-refractivity contribution < 1.29 is 13.3 Å². The second-order valence-corrected chi connectivity index (χ2v) is 7.13. The number of nitro groups is 1. The summed E-state index contributed by atoms with van der Waals surface area (Å²) in [6.45, 7) is 2.60. The molecule has 21 heavy (non-hydrogen) atoms. The number of benzene rings is 1. The molecule has 1 fully saturated rings. The molecule has 0 aromatic heterocycles. The van der Waals surface area contributed by atoms with E-state index in [1.807, 2.05) is 0 Å². The topological polar surface area (TPSA) is 101 Å². The molecule has 2 rings (SSSR count). The second kappa shape index (κ2) is 6.27. The largest absolute Gasteiger partial charge is 0.313 e. The van der Waals surface area contributed by atoms with Crippen LogP contribution in [0.4, 0.5) is 5.69 Å². The molecule has 2 N–H and O–H groups in total. The van der Waals surface area contributed by atoms with Crippen LogP contribution in [0.25, 0.3) is 0 Å². The highest BCUT2D eigenvalue weighted by Crippen LogP contribution is 2.29. The molecule has 1 aromatic rings. The third-order valence-electron chi connectivity index (χ3n) is 3.48. The summed E-state index contributed by atoms with van der Waals surface area (Å²) in [5.41, 5.74) is -0.0556. The number of sulfonamides is 1. The van der Waals surface area contributed by atoms with E-state index in [1.54, 1.807) is 0 Å². The number of rotatable bonds is 5. The SMILES string of the molecule is Cc1c(Cl)cc(S(=O)(=O)NCC2CCCN2)cc1[N+](=O)[O-]. The van der Waals surface area contributed by atoms with Gasteiger partial charge in [-0.2, -0.15) is 0 Å². The van der Waals surface area contributed by atoms with Gasteiger partial charge in [0.05, 0.1) is 14.8 Å². The van der Waals surface area contributed by atoms with Crippen molar-refractivity contribution in [3.8, 4) is 0 Å². The van der Waals surface area contributed by atoms with Crippen molar-refractivity contribution in [2.45, 2.75) is 30.7 Å². The van der Waals surface area contributed by atoms with E-state index < -0.39 is 14.9 Å². The number of nitrogens with one attached hydrogen (secondary N) is 2. The Morgan fingerprint density at radius 3 is 2.81 bits per heavy atom. The van der Waals surface area contributed by atoms with Gasteiger partial charge in [-0.15, -0.1) is 0 Å². The van der Waals surface area contributed by atoms with Gasteiger partial charge in [-0.3, -0.25) is 10.1 Å². The third-order valence-corrected chi connectivity index (χ3v) is 5.28. The standard InChI is InChI=1S/C12H16ClN3O4S/c1-8-11(13)5-10(6-12(8)16(17)18)21(19,20)15-7-9-3-2-4-14-9/h5-6,9,14-15H,2-4,7H2,1H3. The Morgan fingerprint density at radius 2 is 2.24 bits per heavy atom. The summed E-state index contributed by atoms with van der Waals surface area (Å²) >= 11 is 5.89. The van der Waals surface area contributed by atoms with Crippen molar-refractivity contribution in [1.82, 2.24) is 10.0 Å². The van der Waals surface area contributed by atoms with Crippen LogP contribution in [0.1, 0.15) is 18.4 Å². The average Bonchev–Trinajstić information content (AvgIpc) is 2.92. The highest BCUT2D eigenvalue weighted by molar-refractivity contribution is 7.89. The molecular weight excluding hydrogens is 318 g/mol. The lowest BCUT2D eigenvalue weighted by Gasteiger charge is -2.12. The molecule has 7 nitrogen and oxygen atoms in total. The van der Waals surface area contributed by atoms with E-state index in [-0.39, 0.29) is 33.8 Å². The summed E-state index contributed by atoms with van der Waals surface area (Å²) in [7, 11) is -3.82. The number of hydrogen-bond donors (Lipinski definition) is 2. The van der Waals surface area contributed by atoms with Gasteiger partial charge in [0.25, 0.3) is 5.69 Å². The van der Waals surface area contributed by atoms with Gasteiger partial charge >= 0.3 is 0 Å². The van der Waals surface area contributed by atoms with Gasteiger partial charge in [0.2, 0.25) is 10.0 Å². The van der Waals surface area contributed by atoms with Crippen LogP contribution in [0.3, 0.4) is 0 Å². The molecule has 1 saturated heterocycles. The fourth-order valence-corrected chi connectivity index (χ4v) is 3.62. The van der Waals surface area contributed by atoms with Crippen molar-refractivity contribution in [2.24, 2.45) is 0 Å². The van der Waals surface area contributed by atoms with Crippen LogP contribution in [0.5, 0.6) is 0 Å². The predicted molar refractivity (Wildman–Crippen MR) is 79.1 cm³/mol. The number of nitro benzene ring substituents is 1. The van der Waals surface area contributed by atoms with Crippen molar-refractivity contribution >= 4 is 27.3 Å². The van der Waals surface area contributed by atoms with Gasteiger partial charge in [0.1, 0.15) is 0 Å². The van der Waals surface area contributed by atoms with E-state index in [9.17, 15) is 18.5 Å². The molecule has 1 heterocycles. The normalized spacial score (nSPS) is 18.9. The molecule has 0 spiro atoms. The van der Waals surface area contributed by atoms with E-state index in [2.05, 4.69) is 10.0 Å². The molecule has 1 aliphatic rings. The first kappa shape index (κ1) is 16.2. The van der Waals surface area contributed by atoms with Gasteiger partial charge < -0.3 is 5.32 Å². The lowest BCUT2D eigenvalue weighted by Crippen LogP contribution is -2.37. The van der Waals surface area contributed by atoms with Crippen LogP contribution in [-0.4, -0.2) is 32.5 Å². The van der Waals surface area contributed by atoms with Crippen molar-refractivity contribution in [3.05, 3.63) is 32.8 Å². The van der Waals surface area contributed by atoms with E-state index in [1.165, 1.54) is 13.0 Å². The summed E-state index contributed by atoms with van der Waals surface area (Å²) in [5, 5.41) is 14.2. The van der Waals surface area contributed by atoms with Crippen molar-refractivity contribution in [3.63, 3.8) is 0 Å². The third kappa shape index (κ3) is 3.70. The van der Waals surface area contributed by atoms with E-state index in [4.69, 9.17) is 11.6 Å². The molecule has 1 unspecified atom stereocenters. The molecule has 1 aromatic carbocycles. The summed E-state index contributed by atoms with van der Waals surface area (Å²) in [5.74, 6) is 0. The lowest BCUT2D eigenvalue weighted by atomic mass is 10.2. The molecule has 0 aliphatic carbocycles. The fraction of sp³-hybridized carbons (Fsp3) is 0.500. The van der Waals surface area contributed by atoms with Gasteiger partial charge in [-0.05, 0) is 32.4 Å². The maximum Gasteiger partial charge on any atom is 0.275 e. The minimum absolute atomic E-state index is 0.0589. The highest BCUT2D eigenvalue weighted by atomic mass is 35.5. The first-order valence-corrected chi connectivity index (χ1v) is 8.35. The lowest BCUT2D eigenvalue weighted by molar-refractivity contribution is -0.385. The highest BCUT2D eigenvalue weighted by Gasteiger charge is 2.24. The Morgan fingerprint density at radius 1 is 1.52 bits per heavy atom. The Bertz CT molecular complexity index is 657. The van der Waals surface area contributed by atoms with Crippen molar-refractivity contribution in [2.75, 3.05) is 13.1 Å². The van der Waals surface area contributed by atoms with Crippen molar-refractivity contribution in [1.29, 1.82) is 0 Å². The van der Waals surface area contributed by atoms with Crippen LogP contribution in [0.2, 0.25) is 5.02 Å². The first-order chi connectivity index (χ1) is 9.81. The summed E-state index contributed by atoms with van der Waals surface area (Å²) in [4.78, 5) is 10.1. The van der Waals surface area contributed by atoms with Gasteiger partial charge in [0.15, 0.2) is 0 Å². The Balaban J connectivity index is 2.24. The molecule has 0 saturated carbocycles. The minimum Gasteiger partial charge on any atom is -0.313 e. The van der Waals surface area contributed by atoms with Gasteiger partial charge in [-0.25, -0.2) is 13.1 Å². The Labute approximate surface area is 127 Å². The molecule has 1 aliphatic heterocycles. The zero-order valence-electron chi connectivity index (χ0n) is 11.4. The van der Waals surface area contributed by atoms with Crippen LogP contribution in [-0.2, 0) is 10.0 Å². The molecule has 0 radical (unpaired) electrons. The molecular formula is C12H16ClN3O4S. The number of halogens is 1. The van der Waals surface area contributed by atoms with Gasteiger partial charge in [-0.1, -0.05) is 11.6 Å².